The van der Waals surface area contributed by atoms with Gasteiger partial charge in [-0.25, -0.2) is 9.97 Å². The van der Waals surface area contributed by atoms with Crippen molar-refractivity contribution in [1.29, 1.82) is 0 Å². The summed E-state index contributed by atoms with van der Waals surface area (Å²) < 4.78 is 0. The summed E-state index contributed by atoms with van der Waals surface area (Å²) in [4.78, 5) is 29.2. The van der Waals surface area contributed by atoms with E-state index < -0.39 is 0 Å². The molecule has 5 nitrogen and oxygen atoms in total. The highest BCUT2D eigenvalue weighted by molar-refractivity contribution is 7.18. The van der Waals surface area contributed by atoms with E-state index in [1.54, 1.807) is 11.3 Å². The third kappa shape index (κ3) is 3.94. The van der Waals surface area contributed by atoms with E-state index in [0.717, 1.165) is 42.9 Å². The van der Waals surface area contributed by atoms with E-state index in [1.807, 2.05) is 11.8 Å². The van der Waals surface area contributed by atoms with Gasteiger partial charge in [-0.3, -0.25) is 4.79 Å². The summed E-state index contributed by atoms with van der Waals surface area (Å²) >= 11 is 1.77. The zero-order valence-electron chi connectivity index (χ0n) is 17.6. The second kappa shape index (κ2) is 7.71. The molecule has 2 aliphatic rings. The van der Waals surface area contributed by atoms with Crippen LogP contribution in [0.2, 0.25) is 0 Å². The standard InChI is InChI=1S/C22H32N4OS/c1-5-25-10-12-26(13-11-25)21(27)19-17-14-18(28-20(17)24-15(2)23-19)16-6-8-22(3,4)9-7-16/h14,16H,5-13H2,1-4H3. The molecule has 6 heteroatoms. The molecule has 0 unspecified atom stereocenters. The summed E-state index contributed by atoms with van der Waals surface area (Å²) in [6, 6.07) is 2.22. The maximum absolute atomic E-state index is 13.3. The van der Waals surface area contributed by atoms with Crippen molar-refractivity contribution in [1.82, 2.24) is 19.8 Å². The first-order valence-electron chi connectivity index (χ1n) is 10.7. The number of thiophene rings is 1. The second-order valence-electron chi connectivity index (χ2n) is 9.15. The lowest BCUT2D eigenvalue weighted by Gasteiger charge is -2.34. The first-order chi connectivity index (χ1) is 13.4. The number of hydrogen-bond donors (Lipinski definition) is 0. The minimum Gasteiger partial charge on any atom is -0.335 e. The quantitative estimate of drug-likeness (QED) is 0.763. The van der Waals surface area contributed by atoms with Crippen molar-refractivity contribution < 1.29 is 4.79 Å². The fraction of sp³-hybridized carbons (Fsp3) is 0.682. The van der Waals surface area contributed by atoms with Gasteiger partial charge in [-0.05, 0) is 56.6 Å². The van der Waals surface area contributed by atoms with Gasteiger partial charge in [0, 0.05) is 36.4 Å². The average Bonchev–Trinajstić information content (AvgIpc) is 3.10. The smallest absolute Gasteiger partial charge is 0.273 e. The van der Waals surface area contributed by atoms with E-state index in [0.29, 0.717) is 22.9 Å². The van der Waals surface area contributed by atoms with Crippen LogP contribution >= 0.6 is 11.3 Å². The van der Waals surface area contributed by atoms with E-state index in [4.69, 9.17) is 0 Å². The van der Waals surface area contributed by atoms with Crippen LogP contribution in [0.4, 0.5) is 0 Å². The van der Waals surface area contributed by atoms with Crippen LogP contribution < -0.4 is 0 Å². The molecule has 0 spiro atoms. The van der Waals surface area contributed by atoms with Crippen molar-refractivity contribution in [3.05, 3.63) is 22.5 Å². The summed E-state index contributed by atoms with van der Waals surface area (Å²) in [6.45, 7) is 13.3. The van der Waals surface area contributed by atoms with Gasteiger partial charge in [-0.2, -0.15) is 0 Å². The Morgan fingerprint density at radius 2 is 1.86 bits per heavy atom. The summed E-state index contributed by atoms with van der Waals surface area (Å²) in [5.41, 5.74) is 1.07. The average molecular weight is 401 g/mol. The first-order valence-corrected chi connectivity index (χ1v) is 11.5. The number of nitrogens with zero attached hydrogens (tertiary/aromatic N) is 4. The number of piperazine rings is 1. The maximum Gasteiger partial charge on any atom is 0.273 e. The monoisotopic (exact) mass is 400 g/mol. The zero-order valence-corrected chi connectivity index (χ0v) is 18.4. The molecule has 0 N–H and O–H groups in total. The maximum atomic E-state index is 13.3. The highest BCUT2D eigenvalue weighted by Gasteiger charge is 2.30. The molecule has 4 rings (SSSR count). The van der Waals surface area contributed by atoms with Crippen LogP contribution in [-0.2, 0) is 0 Å². The fourth-order valence-electron chi connectivity index (χ4n) is 4.51. The van der Waals surface area contributed by atoms with Crippen molar-refractivity contribution in [2.45, 2.75) is 59.3 Å². The molecule has 1 saturated heterocycles. The van der Waals surface area contributed by atoms with Crippen molar-refractivity contribution in [3.8, 4) is 0 Å². The molecule has 1 aliphatic heterocycles. The van der Waals surface area contributed by atoms with Crippen LogP contribution in [-0.4, -0.2) is 58.4 Å². The van der Waals surface area contributed by atoms with Gasteiger partial charge in [-0.15, -0.1) is 11.3 Å². The SMILES string of the molecule is CCN1CCN(C(=O)c2nc(C)nc3sc(C4CCC(C)(C)CC4)cc23)CC1. The molecule has 1 amide bonds. The molecule has 2 fully saturated rings. The van der Waals surface area contributed by atoms with Gasteiger partial charge in [0.2, 0.25) is 0 Å². The summed E-state index contributed by atoms with van der Waals surface area (Å²) in [5, 5.41) is 0.957. The summed E-state index contributed by atoms with van der Waals surface area (Å²) in [6.07, 6.45) is 5.00. The summed E-state index contributed by atoms with van der Waals surface area (Å²) in [7, 11) is 0. The highest BCUT2D eigenvalue weighted by atomic mass is 32.1. The third-order valence-electron chi connectivity index (χ3n) is 6.57. The number of aromatic nitrogens is 2. The van der Waals surface area contributed by atoms with E-state index >= 15 is 0 Å². The number of aryl methyl sites for hydroxylation is 1. The Labute approximate surface area is 172 Å². The molecule has 0 aromatic carbocycles. The number of hydrogen-bond acceptors (Lipinski definition) is 5. The Kier molecular flexibility index (Phi) is 5.45. The third-order valence-corrected chi connectivity index (χ3v) is 7.77. The number of likely N-dealkylation sites (N-methyl/N-ethyl adjacent to an activating group) is 1. The largest absolute Gasteiger partial charge is 0.335 e. The van der Waals surface area contributed by atoms with Crippen LogP contribution in [0.15, 0.2) is 6.07 Å². The van der Waals surface area contributed by atoms with Gasteiger partial charge < -0.3 is 9.80 Å². The minimum atomic E-state index is 0.0698. The lowest BCUT2D eigenvalue weighted by atomic mass is 9.73. The predicted molar refractivity (Wildman–Crippen MR) is 115 cm³/mol. The molecule has 3 heterocycles. The second-order valence-corrected chi connectivity index (χ2v) is 10.2. The van der Waals surface area contributed by atoms with Crippen LogP contribution in [0.25, 0.3) is 10.2 Å². The van der Waals surface area contributed by atoms with Crippen LogP contribution in [0.1, 0.15) is 73.6 Å². The Hall–Kier alpha value is -1.53. The minimum absolute atomic E-state index is 0.0698. The van der Waals surface area contributed by atoms with Crippen molar-refractivity contribution in [3.63, 3.8) is 0 Å². The van der Waals surface area contributed by atoms with E-state index in [1.165, 1.54) is 30.6 Å². The molecular formula is C22H32N4OS. The first kappa shape index (κ1) is 19.8. The number of amides is 1. The molecular weight excluding hydrogens is 368 g/mol. The highest BCUT2D eigenvalue weighted by Crippen LogP contribution is 2.45. The molecule has 2 aromatic rings. The molecule has 0 atom stereocenters. The molecule has 152 valence electrons. The number of rotatable bonds is 3. The zero-order chi connectivity index (χ0) is 19.9. The van der Waals surface area contributed by atoms with Gasteiger partial charge in [-0.1, -0.05) is 20.8 Å². The number of fused-ring (bicyclic) bond motifs is 1. The van der Waals surface area contributed by atoms with Crippen molar-refractivity contribution in [2.24, 2.45) is 5.41 Å². The topological polar surface area (TPSA) is 49.3 Å². The number of carbonyl (C=O) groups is 1. The Bertz CT molecular complexity index is 857. The lowest BCUT2D eigenvalue weighted by molar-refractivity contribution is 0.0639. The Morgan fingerprint density at radius 1 is 1.18 bits per heavy atom. The molecule has 1 aliphatic carbocycles. The normalized spacial score (nSPS) is 21.4. The van der Waals surface area contributed by atoms with Gasteiger partial charge in [0.05, 0.1) is 0 Å². The number of carbonyl (C=O) groups excluding carboxylic acids is 1. The van der Waals surface area contributed by atoms with E-state index in [-0.39, 0.29) is 5.91 Å². The van der Waals surface area contributed by atoms with E-state index in [2.05, 4.69) is 41.7 Å². The Balaban J connectivity index is 1.60. The molecule has 2 aromatic heterocycles. The van der Waals surface area contributed by atoms with Crippen LogP contribution in [0.5, 0.6) is 0 Å². The van der Waals surface area contributed by atoms with Crippen LogP contribution in [0, 0.1) is 12.3 Å². The summed E-state index contributed by atoms with van der Waals surface area (Å²) in [5.74, 6) is 1.37. The Morgan fingerprint density at radius 3 is 2.50 bits per heavy atom. The van der Waals surface area contributed by atoms with E-state index in [9.17, 15) is 4.79 Å². The van der Waals surface area contributed by atoms with Gasteiger partial charge in [0.15, 0.2) is 0 Å². The fourth-order valence-corrected chi connectivity index (χ4v) is 5.76. The van der Waals surface area contributed by atoms with Crippen molar-refractivity contribution >= 4 is 27.5 Å². The van der Waals surface area contributed by atoms with Gasteiger partial charge in [0.1, 0.15) is 16.3 Å². The lowest BCUT2D eigenvalue weighted by Crippen LogP contribution is -2.48. The molecule has 0 radical (unpaired) electrons. The molecule has 0 bridgehead atoms. The van der Waals surface area contributed by atoms with Crippen LogP contribution in [0.3, 0.4) is 0 Å². The molecule has 1 saturated carbocycles. The van der Waals surface area contributed by atoms with Gasteiger partial charge in [0.25, 0.3) is 5.91 Å². The predicted octanol–water partition coefficient (Wildman–Crippen LogP) is 4.46. The molecule has 28 heavy (non-hydrogen) atoms. The van der Waals surface area contributed by atoms with Crippen molar-refractivity contribution in [2.75, 3.05) is 32.7 Å². The van der Waals surface area contributed by atoms with Gasteiger partial charge >= 0.3 is 0 Å².